The molecule has 0 unspecified atom stereocenters. The first-order valence-electron chi connectivity index (χ1n) is 10.9. The van der Waals surface area contributed by atoms with E-state index in [4.69, 9.17) is 14.2 Å². The van der Waals surface area contributed by atoms with Gasteiger partial charge in [-0.15, -0.1) is 0 Å². The van der Waals surface area contributed by atoms with Gasteiger partial charge in [-0.1, -0.05) is 0 Å². The van der Waals surface area contributed by atoms with Crippen molar-refractivity contribution in [3.8, 4) is 0 Å². The van der Waals surface area contributed by atoms with Crippen molar-refractivity contribution in [2.24, 2.45) is 0 Å². The third kappa shape index (κ3) is 8.44. The quantitative estimate of drug-likeness (QED) is 0.126. The molecular weight excluding hydrogens is 491 g/mol. The normalized spacial score (nSPS) is 12.1. The van der Waals surface area contributed by atoms with E-state index in [-0.39, 0.29) is 17.6 Å². The van der Waals surface area contributed by atoms with Crippen LogP contribution in [0.4, 0.5) is 0 Å². The van der Waals surface area contributed by atoms with Gasteiger partial charge in [-0.05, 0) is 0 Å². The summed E-state index contributed by atoms with van der Waals surface area (Å²) in [6, 6.07) is 0. The monoisotopic (exact) mass is 532 g/mol. The number of ether oxygens (including phenoxy) is 3. The van der Waals surface area contributed by atoms with Crippen LogP contribution in [-0.4, -0.2) is 57.6 Å². The maximum atomic E-state index is 13.1. The van der Waals surface area contributed by atoms with Gasteiger partial charge in [0.2, 0.25) is 0 Å². The molecule has 0 N–H and O–H groups in total. The van der Waals surface area contributed by atoms with Crippen LogP contribution in [0, 0.1) is 0 Å². The van der Waals surface area contributed by atoms with Crippen LogP contribution >= 0.6 is 0 Å². The molecule has 0 bridgehead atoms. The second kappa shape index (κ2) is 15.5. The van der Waals surface area contributed by atoms with Crippen molar-refractivity contribution in [2.45, 2.75) is 79.0 Å². The SMILES string of the molecule is C=C(C/C(C(=O)OC)=[C](\C(=O)OC)[Sn]([CH2]CCC)([CH2]CCC)[CH2]CCC)C(=O)OC. The third-order valence-electron chi connectivity index (χ3n) is 5.54. The van der Waals surface area contributed by atoms with Gasteiger partial charge in [0, 0.05) is 0 Å². The molecule has 0 heterocycles. The first-order valence-corrected chi connectivity index (χ1v) is 18.4. The van der Waals surface area contributed by atoms with Crippen LogP contribution in [0.5, 0.6) is 0 Å². The Balaban J connectivity index is 6.86. The zero-order chi connectivity index (χ0) is 23.2. The zero-order valence-corrected chi connectivity index (χ0v) is 22.6. The van der Waals surface area contributed by atoms with E-state index < -0.39 is 36.3 Å². The molecule has 172 valence electrons. The van der Waals surface area contributed by atoms with E-state index in [1.165, 1.54) is 21.3 Å². The Morgan fingerprint density at radius 1 is 0.700 bits per heavy atom. The van der Waals surface area contributed by atoms with Gasteiger partial charge in [0.25, 0.3) is 0 Å². The van der Waals surface area contributed by atoms with E-state index in [0.29, 0.717) is 3.59 Å². The van der Waals surface area contributed by atoms with Gasteiger partial charge in [-0.25, -0.2) is 0 Å². The first-order chi connectivity index (χ1) is 14.3. The predicted molar refractivity (Wildman–Crippen MR) is 122 cm³/mol. The molecule has 7 heteroatoms. The van der Waals surface area contributed by atoms with Gasteiger partial charge in [-0.3, -0.25) is 0 Å². The Morgan fingerprint density at radius 2 is 1.10 bits per heavy atom. The van der Waals surface area contributed by atoms with Crippen LogP contribution in [0.2, 0.25) is 13.3 Å². The second-order valence-electron chi connectivity index (χ2n) is 7.70. The molecule has 0 aliphatic rings. The summed E-state index contributed by atoms with van der Waals surface area (Å²) in [6.07, 6.45) is 6.03. The third-order valence-corrected chi connectivity index (χ3v) is 21.2. The first kappa shape index (κ1) is 28.7. The number of methoxy groups -OCH3 is 3. The number of unbranched alkanes of at least 4 members (excludes halogenated alkanes) is 3. The van der Waals surface area contributed by atoms with Crippen molar-refractivity contribution in [3.63, 3.8) is 0 Å². The van der Waals surface area contributed by atoms with Crippen LogP contribution in [0.1, 0.15) is 65.7 Å². The Morgan fingerprint density at radius 3 is 1.43 bits per heavy atom. The second-order valence-corrected chi connectivity index (χ2v) is 20.7. The molecular formula is C23H40O6Sn. The Labute approximate surface area is 186 Å². The van der Waals surface area contributed by atoms with E-state index in [1.54, 1.807) is 0 Å². The molecule has 0 aliphatic heterocycles. The molecule has 6 nitrogen and oxygen atoms in total. The predicted octanol–water partition coefficient (Wildman–Crippen LogP) is 5.14. The van der Waals surface area contributed by atoms with Gasteiger partial charge in [0.1, 0.15) is 0 Å². The molecule has 0 saturated heterocycles. The summed E-state index contributed by atoms with van der Waals surface area (Å²) in [7, 11) is 3.91. The van der Waals surface area contributed by atoms with Crippen LogP contribution in [0.15, 0.2) is 21.3 Å². The van der Waals surface area contributed by atoms with Crippen molar-refractivity contribution in [1.29, 1.82) is 0 Å². The van der Waals surface area contributed by atoms with Gasteiger partial charge < -0.3 is 0 Å². The maximum absolute atomic E-state index is 13.1. The summed E-state index contributed by atoms with van der Waals surface area (Å²) in [5.41, 5.74) is 0.361. The number of carbonyl (C=O) groups is 3. The van der Waals surface area contributed by atoms with E-state index in [2.05, 4.69) is 27.4 Å². The van der Waals surface area contributed by atoms with Crippen LogP contribution in [-0.2, 0) is 28.6 Å². The molecule has 30 heavy (non-hydrogen) atoms. The van der Waals surface area contributed by atoms with Gasteiger partial charge >= 0.3 is 187 Å². The molecule has 0 aliphatic carbocycles. The number of hydrogen-bond donors (Lipinski definition) is 0. The van der Waals surface area contributed by atoms with E-state index in [9.17, 15) is 14.4 Å². The molecule has 0 saturated carbocycles. The average Bonchev–Trinajstić information content (AvgIpc) is 2.77. The minimum absolute atomic E-state index is 0.0627. The van der Waals surface area contributed by atoms with E-state index >= 15 is 0 Å². The fourth-order valence-electron chi connectivity index (χ4n) is 3.87. The summed E-state index contributed by atoms with van der Waals surface area (Å²) in [5, 5.41) is 0. The van der Waals surface area contributed by atoms with Crippen molar-refractivity contribution in [3.05, 3.63) is 21.3 Å². The molecule has 0 aromatic rings. The fourth-order valence-corrected chi connectivity index (χ4v) is 20.9. The van der Waals surface area contributed by atoms with E-state index in [1.807, 2.05) is 0 Å². The van der Waals surface area contributed by atoms with Crippen LogP contribution < -0.4 is 0 Å². The van der Waals surface area contributed by atoms with Crippen molar-refractivity contribution >= 4 is 36.3 Å². The van der Waals surface area contributed by atoms with Crippen LogP contribution in [0.3, 0.4) is 0 Å². The van der Waals surface area contributed by atoms with Gasteiger partial charge in [0.15, 0.2) is 0 Å². The van der Waals surface area contributed by atoms with Gasteiger partial charge in [0.05, 0.1) is 0 Å². The molecule has 0 fully saturated rings. The topological polar surface area (TPSA) is 78.9 Å². The average molecular weight is 531 g/mol. The minimum atomic E-state index is -3.39. The summed E-state index contributed by atoms with van der Waals surface area (Å²) in [6.45, 7) is 10.2. The standard InChI is InChI=1S/C11H13O6.3C4H9.Sn/c1-7(10(13)16-3)5-8(11(14)17-4)6-9(12)15-2;3*1-3-4-2;/h1,5H2,2-4H3;3*1,3-4H2,2H3;. The van der Waals surface area contributed by atoms with Crippen molar-refractivity contribution in [2.75, 3.05) is 21.3 Å². The molecule has 0 aromatic heterocycles. The summed E-state index contributed by atoms with van der Waals surface area (Å²) < 4.78 is 18.5. The summed E-state index contributed by atoms with van der Waals surface area (Å²) in [5.74, 6) is -1.64. The number of esters is 3. The molecule has 0 radical (unpaired) electrons. The number of rotatable bonds is 15. The molecule has 0 atom stereocenters. The molecule has 0 rings (SSSR count). The van der Waals surface area contributed by atoms with E-state index in [0.717, 1.165) is 51.8 Å². The fraction of sp³-hybridized carbons (Fsp3) is 0.696. The number of hydrogen-bond acceptors (Lipinski definition) is 6. The Kier molecular flexibility index (Phi) is 14.8. The molecule has 0 aromatic carbocycles. The summed E-state index contributed by atoms with van der Waals surface area (Å²) >= 11 is -3.39. The van der Waals surface area contributed by atoms with Gasteiger partial charge in [-0.2, -0.15) is 0 Å². The molecule has 0 spiro atoms. The number of carbonyl (C=O) groups excluding carboxylic acids is 3. The summed E-state index contributed by atoms with van der Waals surface area (Å²) in [4.78, 5) is 38.0. The van der Waals surface area contributed by atoms with Crippen molar-refractivity contribution < 1.29 is 28.6 Å². The van der Waals surface area contributed by atoms with Crippen LogP contribution in [0.25, 0.3) is 0 Å². The Bertz CT molecular complexity index is 601. The van der Waals surface area contributed by atoms with Crippen molar-refractivity contribution in [1.82, 2.24) is 0 Å². The zero-order valence-electron chi connectivity index (χ0n) is 19.7. The molecule has 0 amide bonds. The Hall–Kier alpha value is -1.31.